The summed E-state index contributed by atoms with van der Waals surface area (Å²) in [5.41, 5.74) is 1.39. The van der Waals surface area contributed by atoms with Crippen LogP contribution >= 0.6 is 11.6 Å². The van der Waals surface area contributed by atoms with Crippen LogP contribution in [0, 0.1) is 0 Å². The Kier molecular flexibility index (Phi) is 4.11. The monoisotopic (exact) mass is 278 g/mol. The third-order valence-electron chi connectivity index (χ3n) is 4.81. The van der Waals surface area contributed by atoms with E-state index >= 15 is 0 Å². The SMILES string of the molecule is CNC1CC2CCCC(C1)N2Cc1ccc(Cl)cc1. The molecular weight excluding hydrogens is 256 g/mol. The molecule has 1 aromatic carbocycles. The van der Waals surface area contributed by atoms with Crippen molar-refractivity contribution in [2.75, 3.05) is 7.05 Å². The molecule has 2 nitrogen and oxygen atoms in total. The predicted molar refractivity (Wildman–Crippen MR) is 80.5 cm³/mol. The minimum atomic E-state index is 0.719. The maximum absolute atomic E-state index is 5.97. The van der Waals surface area contributed by atoms with Crippen molar-refractivity contribution in [3.8, 4) is 0 Å². The normalized spacial score (nSPS) is 31.4. The average molecular weight is 279 g/mol. The lowest BCUT2D eigenvalue weighted by atomic mass is 9.81. The second kappa shape index (κ2) is 5.82. The Morgan fingerprint density at radius 1 is 1.16 bits per heavy atom. The first-order valence-corrected chi connectivity index (χ1v) is 7.81. The van der Waals surface area contributed by atoms with Crippen LogP contribution in [0.3, 0.4) is 0 Å². The van der Waals surface area contributed by atoms with Crippen molar-refractivity contribution in [2.24, 2.45) is 0 Å². The Morgan fingerprint density at radius 3 is 2.37 bits per heavy atom. The topological polar surface area (TPSA) is 15.3 Å². The van der Waals surface area contributed by atoms with Crippen molar-refractivity contribution in [3.63, 3.8) is 0 Å². The average Bonchev–Trinajstić information content (AvgIpc) is 2.41. The van der Waals surface area contributed by atoms with E-state index in [9.17, 15) is 0 Å². The van der Waals surface area contributed by atoms with Gasteiger partial charge in [0.15, 0.2) is 0 Å². The van der Waals surface area contributed by atoms with Crippen LogP contribution in [0.1, 0.15) is 37.7 Å². The van der Waals surface area contributed by atoms with E-state index in [4.69, 9.17) is 11.6 Å². The summed E-state index contributed by atoms with van der Waals surface area (Å²) in [6, 6.07) is 10.6. The maximum atomic E-state index is 5.97. The van der Waals surface area contributed by atoms with Crippen molar-refractivity contribution < 1.29 is 0 Å². The quantitative estimate of drug-likeness (QED) is 0.911. The highest BCUT2D eigenvalue weighted by Crippen LogP contribution is 2.35. The largest absolute Gasteiger partial charge is 0.317 e. The third kappa shape index (κ3) is 2.96. The standard InChI is InChI=1S/C16H23ClN2/c1-18-14-9-15-3-2-4-16(10-14)19(15)11-12-5-7-13(17)8-6-12/h5-8,14-16,18H,2-4,9-11H2,1H3. The lowest BCUT2D eigenvalue weighted by molar-refractivity contribution is 0.0190. The second-order valence-electron chi connectivity index (χ2n) is 5.99. The molecule has 2 heterocycles. The molecule has 2 aliphatic heterocycles. The fourth-order valence-corrected chi connectivity index (χ4v) is 3.90. The van der Waals surface area contributed by atoms with E-state index in [1.807, 2.05) is 12.1 Å². The molecule has 3 heteroatoms. The van der Waals surface area contributed by atoms with Gasteiger partial charge in [-0.3, -0.25) is 4.90 Å². The molecule has 3 rings (SSSR count). The van der Waals surface area contributed by atoms with Gasteiger partial charge in [-0.05, 0) is 50.4 Å². The van der Waals surface area contributed by atoms with Gasteiger partial charge in [0.2, 0.25) is 0 Å². The van der Waals surface area contributed by atoms with Gasteiger partial charge in [-0.25, -0.2) is 0 Å². The number of fused-ring (bicyclic) bond motifs is 2. The number of nitrogens with one attached hydrogen (secondary N) is 1. The molecular formula is C16H23ClN2. The number of hydrogen-bond donors (Lipinski definition) is 1. The van der Waals surface area contributed by atoms with E-state index in [0.29, 0.717) is 0 Å². The highest BCUT2D eigenvalue weighted by atomic mass is 35.5. The van der Waals surface area contributed by atoms with E-state index in [1.165, 1.54) is 37.7 Å². The third-order valence-corrected chi connectivity index (χ3v) is 5.06. The van der Waals surface area contributed by atoms with E-state index in [-0.39, 0.29) is 0 Å². The summed E-state index contributed by atoms with van der Waals surface area (Å²) in [5, 5.41) is 4.31. The molecule has 2 bridgehead atoms. The van der Waals surface area contributed by atoms with Crippen LogP contribution in [0.15, 0.2) is 24.3 Å². The first kappa shape index (κ1) is 13.4. The number of halogens is 1. The Hall–Kier alpha value is -0.570. The van der Waals surface area contributed by atoms with E-state index in [2.05, 4.69) is 29.4 Å². The van der Waals surface area contributed by atoms with Gasteiger partial charge < -0.3 is 5.32 Å². The van der Waals surface area contributed by atoms with Crippen molar-refractivity contribution in [2.45, 2.75) is 56.8 Å². The lowest BCUT2D eigenvalue weighted by Crippen LogP contribution is -2.55. The molecule has 2 atom stereocenters. The highest BCUT2D eigenvalue weighted by Gasteiger charge is 2.37. The summed E-state index contributed by atoms with van der Waals surface area (Å²) >= 11 is 5.97. The fraction of sp³-hybridized carbons (Fsp3) is 0.625. The summed E-state index contributed by atoms with van der Waals surface area (Å²) in [5.74, 6) is 0. The fourth-order valence-electron chi connectivity index (χ4n) is 3.77. The molecule has 1 aromatic rings. The lowest BCUT2D eigenvalue weighted by Gasteiger charge is -2.49. The smallest absolute Gasteiger partial charge is 0.0406 e. The molecule has 19 heavy (non-hydrogen) atoms. The number of nitrogens with zero attached hydrogens (tertiary/aromatic N) is 1. The van der Waals surface area contributed by atoms with Crippen LogP contribution in [0.5, 0.6) is 0 Å². The van der Waals surface area contributed by atoms with Gasteiger partial charge in [0.25, 0.3) is 0 Å². The molecule has 0 spiro atoms. The minimum Gasteiger partial charge on any atom is -0.317 e. The first-order chi connectivity index (χ1) is 9.26. The number of benzene rings is 1. The summed E-state index contributed by atoms with van der Waals surface area (Å²) < 4.78 is 0. The molecule has 2 unspecified atom stereocenters. The van der Waals surface area contributed by atoms with Gasteiger partial charge in [-0.1, -0.05) is 30.2 Å². The highest BCUT2D eigenvalue weighted by molar-refractivity contribution is 6.30. The summed E-state index contributed by atoms with van der Waals surface area (Å²) in [6.45, 7) is 1.09. The predicted octanol–water partition coefficient (Wildman–Crippen LogP) is 3.44. The summed E-state index contributed by atoms with van der Waals surface area (Å²) in [4.78, 5) is 2.74. The van der Waals surface area contributed by atoms with E-state index < -0.39 is 0 Å². The number of piperidine rings is 2. The molecule has 0 amide bonds. The van der Waals surface area contributed by atoms with Crippen LogP contribution in [0.2, 0.25) is 5.02 Å². The Labute approximate surface area is 121 Å². The molecule has 1 N–H and O–H groups in total. The van der Waals surface area contributed by atoms with Gasteiger partial charge in [0.05, 0.1) is 0 Å². The zero-order valence-electron chi connectivity index (χ0n) is 11.6. The molecule has 2 fully saturated rings. The van der Waals surface area contributed by atoms with Crippen LogP contribution in [-0.4, -0.2) is 30.1 Å². The van der Waals surface area contributed by atoms with E-state index in [0.717, 1.165) is 29.7 Å². The molecule has 0 aliphatic carbocycles. The molecule has 0 aromatic heterocycles. The van der Waals surface area contributed by atoms with Gasteiger partial charge in [-0.2, -0.15) is 0 Å². The van der Waals surface area contributed by atoms with Crippen molar-refractivity contribution >= 4 is 11.6 Å². The molecule has 0 radical (unpaired) electrons. The Balaban J connectivity index is 1.71. The van der Waals surface area contributed by atoms with Gasteiger partial charge in [0, 0.05) is 29.7 Å². The Bertz CT molecular complexity index is 403. The van der Waals surface area contributed by atoms with Crippen LogP contribution < -0.4 is 5.32 Å². The number of hydrogen-bond acceptors (Lipinski definition) is 2. The number of rotatable bonds is 3. The van der Waals surface area contributed by atoms with Crippen molar-refractivity contribution in [1.29, 1.82) is 0 Å². The zero-order chi connectivity index (χ0) is 13.2. The van der Waals surface area contributed by atoms with Crippen LogP contribution in [0.25, 0.3) is 0 Å². The zero-order valence-corrected chi connectivity index (χ0v) is 12.4. The molecule has 0 saturated carbocycles. The van der Waals surface area contributed by atoms with Gasteiger partial charge in [-0.15, -0.1) is 0 Å². The van der Waals surface area contributed by atoms with Gasteiger partial charge >= 0.3 is 0 Å². The first-order valence-electron chi connectivity index (χ1n) is 7.43. The van der Waals surface area contributed by atoms with Crippen molar-refractivity contribution in [1.82, 2.24) is 10.2 Å². The van der Waals surface area contributed by atoms with Crippen molar-refractivity contribution in [3.05, 3.63) is 34.9 Å². The minimum absolute atomic E-state index is 0.719. The summed E-state index contributed by atoms with van der Waals surface area (Å²) in [6.07, 6.45) is 6.74. The maximum Gasteiger partial charge on any atom is 0.0406 e. The molecule has 2 saturated heterocycles. The van der Waals surface area contributed by atoms with Crippen LogP contribution in [0.4, 0.5) is 0 Å². The van der Waals surface area contributed by atoms with Crippen LogP contribution in [-0.2, 0) is 6.54 Å². The summed E-state index contributed by atoms with van der Waals surface area (Å²) in [7, 11) is 2.11. The molecule has 2 aliphatic rings. The second-order valence-corrected chi connectivity index (χ2v) is 6.43. The van der Waals surface area contributed by atoms with Gasteiger partial charge in [0.1, 0.15) is 0 Å². The van der Waals surface area contributed by atoms with E-state index in [1.54, 1.807) is 0 Å². The molecule has 104 valence electrons. The Morgan fingerprint density at radius 2 is 1.79 bits per heavy atom.